The van der Waals surface area contributed by atoms with Crippen LogP contribution >= 0.6 is 0 Å². The van der Waals surface area contributed by atoms with Gasteiger partial charge in [0.25, 0.3) is 11.8 Å². The second-order valence-electron chi connectivity index (χ2n) is 6.56. The number of methoxy groups -OCH3 is 3. The molecule has 0 aliphatic carbocycles. The highest BCUT2D eigenvalue weighted by atomic mass is 16.5. The van der Waals surface area contributed by atoms with Gasteiger partial charge in [0.15, 0.2) is 17.3 Å². The van der Waals surface area contributed by atoms with E-state index in [9.17, 15) is 9.59 Å². The number of benzene rings is 2. The molecular weight excluding hydrogens is 414 g/mol. The predicted octanol–water partition coefficient (Wildman–Crippen LogP) is 3.71. The Morgan fingerprint density at radius 2 is 1.53 bits per heavy atom. The first-order valence-electron chi connectivity index (χ1n) is 9.56. The van der Waals surface area contributed by atoms with Crippen molar-refractivity contribution in [3.63, 3.8) is 0 Å². The Morgan fingerprint density at radius 1 is 0.875 bits per heavy atom. The van der Waals surface area contributed by atoms with Crippen molar-refractivity contribution < 1.29 is 28.2 Å². The molecule has 0 aliphatic heterocycles. The molecule has 1 aromatic heterocycles. The summed E-state index contributed by atoms with van der Waals surface area (Å²) in [6.45, 7) is 1.76. The zero-order valence-corrected chi connectivity index (χ0v) is 18.1. The molecule has 0 atom stereocenters. The average molecular weight is 437 g/mol. The second kappa shape index (κ2) is 10.2. The van der Waals surface area contributed by atoms with E-state index in [1.807, 2.05) is 0 Å². The summed E-state index contributed by atoms with van der Waals surface area (Å²) in [6, 6.07) is 13.3. The molecule has 0 aliphatic rings. The van der Waals surface area contributed by atoms with Gasteiger partial charge in [0.05, 0.1) is 33.3 Å². The minimum atomic E-state index is -0.439. The van der Waals surface area contributed by atoms with Crippen LogP contribution in [0.3, 0.4) is 0 Å². The van der Waals surface area contributed by atoms with Gasteiger partial charge in [-0.3, -0.25) is 9.59 Å². The van der Waals surface area contributed by atoms with Crippen molar-refractivity contribution >= 4 is 23.2 Å². The number of hydrogen-bond acceptors (Lipinski definition) is 7. The number of ether oxygens (including phenoxy) is 3. The Morgan fingerprint density at radius 3 is 2.06 bits per heavy atom. The summed E-state index contributed by atoms with van der Waals surface area (Å²) in [5.74, 6) is 0.568. The van der Waals surface area contributed by atoms with Crippen molar-refractivity contribution in [2.45, 2.75) is 6.92 Å². The molecule has 0 radical (unpaired) electrons. The van der Waals surface area contributed by atoms with Gasteiger partial charge >= 0.3 is 0 Å². The van der Waals surface area contributed by atoms with E-state index in [-0.39, 0.29) is 11.7 Å². The molecule has 0 spiro atoms. The summed E-state index contributed by atoms with van der Waals surface area (Å²) < 4.78 is 20.9. The van der Waals surface area contributed by atoms with E-state index in [0.29, 0.717) is 34.2 Å². The first-order chi connectivity index (χ1) is 15.5. The van der Waals surface area contributed by atoms with E-state index in [2.05, 4.69) is 15.8 Å². The van der Waals surface area contributed by atoms with Crippen molar-refractivity contribution in [1.29, 1.82) is 0 Å². The molecule has 0 unspecified atom stereocenters. The summed E-state index contributed by atoms with van der Waals surface area (Å²) in [5, 5.41) is 6.89. The third-order valence-corrected chi connectivity index (χ3v) is 4.56. The summed E-state index contributed by atoms with van der Waals surface area (Å²) in [5.41, 5.74) is 4.77. The maximum Gasteiger partial charge on any atom is 0.291 e. The van der Waals surface area contributed by atoms with Crippen molar-refractivity contribution in [1.82, 2.24) is 5.43 Å². The highest BCUT2D eigenvalue weighted by Gasteiger charge is 2.17. The maximum absolute atomic E-state index is 12.6. The lowest BCUT2D eigenvalue weighted by Crippen LogP contribution is -2.19. The van der Waals surface area contributed by atoms with Gasteiger partial charge in [-0.15, -0.1) is 0 Å². The van der Waals surface area contributed by atoms with E-state index >= 15 is 0 Å². The Hall–Kier alpha value is -4.27. The van der Waals surface area contributed by atoms with Crippen LogP contribution in [0.25, 0.3) is 0 Å². The van der Waals surface area contributed by atoms with Crippen molar-refractivity contribution in [2.24, 2.45) is 5.10 Å². The fourth-order valence-corrected chi connectivity index (χ4v) is 2.87. The Balaban J connectivity index is 1.68. The van der Waals surface area contributed by atoms with Gasteiger partial charge in [0.1, 0.15) is 0 Å². The fourth-order valence-electron chi connectivity index (χ4n) is 2.87. The number of rotatable bonds is 8. The van der Waals surface area contributed by atoms with Crippen LogP contribution in [0.2, 0.25) is 0 Å². The van der Waals surface area contributed by atoms with Crippen LogP contribution < -0.4 is 25.0 Å². The lowest BCUT2D eigenvalue weighted by molar-refractivity contribution is 0.0952. The summed E-state index contributed by atoms with van der Waals surface area (Å²) in [7, 11) is 4.44. The third kappa shape index (κ3) is 5.07. The number of nitrogens with zero attached hydrogens (tertiary/aromatic N) is 1. The van der Waals surface area contributed by atoms with Crippen LogP contribution in [0.5, 0.6) is 17.2 Å². The Labute approximate surface area is 185 Å². The summed E-state index contributed by atoms with van der Waals surface area (Å²) in [6.07, 6.45) is 1.43. The molecule has 1 heterocycles. The van der Waals surface area contributed by atoms with Gasteiger partial charge in [0, 0.05) is 11.3 Å². The largest absolute Gasteiger partial charge is 0.493 e. The number of anilines is 1. The SMILES string of the molecule is COc1cc(C(=O)N/N=C(/C)c2ccc(NC(=O)c3ccco3)cc2)cc(OC)c1OC. The molecule has 32 heavy (non-hydrogen) atoms. The lowest BCUT2D eigenvalue weighted by Gasteiger charge is -2.13. The minimum Gasteiger partial charge on any atom is -0.493 e. The van der Waals surface area contributed by atoms with Crippen molar-refractivity contribution in [3.8, 4) is 17.2 Å². The van der Waals surface area contributed by atoms with Crippen LogP contribution in [0.15, 0.2) is 64.3 Å². The normalized spacial score (nSPS) is 10.9. The van der Waals surface area contributed by atoms with Gasteiger partial charge in [-0.25, -0.2) is 5.43 Å². The zero-order chi connectivity index (χ0) is 23.1. The quantitative estimate of drug-likeness (QED) is 0.410. The van der Waals surface area contributed by atoms with E-state index in [1.165, 1.54) is 39.7 Å². The first kappa shape index (κ1) is 22.4. The fraction of sp³-hybridized carbons (Fsp3) is 0.174. The maximum atomic E-state index is 12.6. The number of carbonyl (C=O) groups is 2. The highest BCUT2D eigenvalue weighted by molar-refractivity contribution is 6.03. The number of furan rings is 1. The molecule has 0 fully saturated rings. The van der Waals surface area contributed by atoms with Crippen LogP contribution in [0, 0.1) is 0 Å². The molecule has 2 amide bonds. The minimum absolute atomic E-state index is 0.223. The number of hydrazone groups is 1. The van der Waals surface area contributed by atoms with E-state index in [4.69, 9.17) is 18.6 Å². The third-order valence-electron chi connectivity index (χ3n) is 4.56. The number of nitrogens with one attached hydrogen (secondary N) is 2. The Kier molecular flexibility index (Phi) is 7.12. The number of hydrogen-bond donors (Lipinski definition) is 2. The summed E-state index contributed by atoms with van der Waals surface area (Å²) >= 11 is 0. The topological polar surface area (TPSA) is 111 Å². The lowest BCUT2D eigenvalue weighted by atomic mass is 10.1. The van der Waals surface area contributed by atoms with Crippen molar-refractivity contribution in [2.75, 3.05) is 26.6 Å². The van der Waals surface area contributed by atoms with Gasteiger partial charge in [-0.2, -0.15) is 5.10 Å². The Bertz CT molecular complexity index is 1100. The van der Waals surface area contributed by atoms with Crippen molar-refractivity contribution in [3.05, 3.63) is 71.7 Å². The molecule has 3 rings (SSSR count). The highest BCUT2D eigenvalue weighted by Crippen LogP contribution is 2.38. The zero-order valence-electron chi connectivity index (χ0n) is 18.1. The molecule has 0 saturated heterocycles. The molecule has 166 valence electrons. The van der Waals surface area contributed by atoms with Crippen LogP contribution in [-0.4, -0.2) is 38.9 Å². The van der Waals surface area contributed by atoms with Crippen LogP contribution in [0.4, 0.5) is 5.69 Å². The molecule has 2 N–H and O–H groups in total. The molecule has 0 saturated carbocycles. The molecule has 0 bridgehead atoms. The monoisotopic (exact) mass is 437 g/mol. The van der Waals surface area contributed by atoms with Crippen LogP contribution in [0.1, 0.15) is 33.4 Å². The van der Waals surface area contributed by atoms with Gasteiger partial charge in [0.2, 0.25) is 5.75 Å². The summed E-state index contributed by atoms with van der Waals surface area (Å²) in [4.78, 5) is 24.6. The molecule has 9 heteroatoms. The van der Waals surface area contributed by atoms with E-state index in [1.54, 1.807) is 43.3 Å². The van der Waals surface area contributed by atoms with E-state index in [0.717, 1.165) is 5.56 Å². The molecule has 3 aromatic rings. The molecular formula is C23H23N3O6. The standard InChI is InChI=1S/C23H23N3O6/c1-14(15-7-9-17(10-8-15)24-23(28)18-6-5-11-32-18)25-26-22(27)16-12-19(29-2)21(31-4)20(13-16)30-3/h5-13H,1-4H3,(H,24,28)(H,26,27)/b25-14-. The average Bonchev–Trinajstić information content (AvgIpc) is 3.37. The molecule has 2 aromatic carbocycles. The van der Waals surface area contributed by atoms with Gasteiger partial charge < -0.3 is 23.9 Å². The smallest absolute Gasteiger partial charge is 0.291 e. The van der Waals surface area contributed by atoms with Gasteiger partial charge in [-0.1, -0.05) is 12.1 Å². The van der Waals surface area contributed by atoms with Gasteiger partial charge in [-0.05, 0) is 48.9 Å². The number of amides is 2. The van der Waals surface area contributed by atoms with Crippen LogP contribution in [-0.2, 0) is 0 Å². The number of carbonyl (C=O) groups excluding carboxylic acids is 2. The predicted molar refractivity (Wildman–Crippen MR) is 119 cm³/mol. The second-order valence-corrected chi connectivity index (χ2v) is 6.56. The van der Waals surface area contributed by atoms with E-state index < -0.39 is 5.91 Å². The molecule has 9 nitrogen and oxygen atoms in total. The first-order valence-corrected chi connectivity index (χ1v) is 9.56.